The summed E-state index contributed by atoms with van der Waals surface area (Å²) in [5, 5.41) is 15.5. The molecule has 2 aromatic carbocycles. The number of phenols is 1. The lowest BCUT2D eigenvalue weighted by atomic mass is 10.2. The zero-order chi connectivity index (χ0) is 16.7. The number of nitrogens with one attached hydrogen (secondary N) is 2. The van der Waals surface area contributed by atoms with Gasteiger partial charge in [-0.2, -0.15) is 5.10 Å². The lowest BCUT2D eigenvalue weighted by molar-refractivity contribution is -0.120. The molecule has 0 unspecified atom stereocenters. The van der Waals surface area contributed by atoms with Gasteiger partial charge < -0.3 is 10.4 Å². The molecule has 0 saturated carbocycles. The summed E-state index contributed by atoms with van der Waals surface area (Å²) in [5.74, 6) is -1.62. The van der Waals surface area contributed by atoms with Gasteiger partial charge in [-0.15, -0.1) is 0 Å². The minimum atomic E-state index is -0.565. The van der Waals surface area contributed by atoms with Crippen molar-refractivity contribution >= 4 is 18.0 Å². The Balaban J connectivity index is 1.81. The third kappa shape index (κ3) is 4.92. The lowest BCUT2D eigenvalue weighted by Gasteiger charge is -2.04. The summed E-state index contributed by atoms with van der Waals surface area (Å²) in [4.78, 5) is 23.3. The summed E-state index contributed by atoms with van der Waals surface area (Å²) in [5.41, 5.74) is 2.77. The molecule has 3 N–H and O–H groups in total. The number of para-hydroxylation sites is 1. The molecule has 0 fully saturated rings. The Kier molecular flexibility index (Phi) is 5.40. The maximum atomic E-state index is 13.0. The smallest absolute Gasteiger partial charge is 0.259 e. The van der Waals surface area contributed by atoms with Gasteiger partial charge in [0.25, 0.3) is 11.8 Å². The summed E-state index contributed by atoms with van der Waals surface area (Å²) in [6, 6.07) is 11.6. The number of carbonyl (C=O) groups is 2. The van der Waals surface area contributed by atoms with Crippen molar-refractivity contribution in [2.75, 3.05) is 6.54 Å². The third-order valence-corrected chi connectivity index (χ3v) is 2.83. The Labute approximate surface area is 131 Å². The van der Waals surface area contributed by atoms with E-state index in [1.807, 2.05) is 0 Å². The molecule has 0 aliphatic rings. The minimum absolute atomic E-state index is 0.0323. The molecule has 0 bridgehead atoms. The SMILES string of the molecule is O=C(CNC(=O)c1cccc(F)c1)N/N=C\c1ccccc1O. The number of hydrazone groups is 1. The van der Waals surface area contributed by atoms with E-state index in [0.717, 1.165) is 6.07 Å². The second-order valence-electron chi connectivity index (χ2n) is 4.55. The van der Waals surface area contributed by atoms with Crippen molar-refractivity contribution in [3.63, 3.8) is 0 Å². The quantitative estimate of drug-likeness (QED) is 0.575. The Bertz CT molecular complexity index is 747. The van der Waals surface area contributed by atoms with Gasteiger partial charge in [0.15, 0.2) is 0 Å². The van der Waals surface area contributed by atoms with Crippen LogP contribution >= 0.6 is 0 Å². The van der Waals surface area contributed by atoms with Crippen LogP contribution in [0.4, 0.5) is 4.39 Å². The lowest BCUT2D eigenvalue weighted by Crippen LogP contribution is -2.34. The van der Waals surface area contributed by atoms with E-state index >= 15 is 0 Å². The van der Waals surface area contributed by atoms with E-state index in [4.69, 9.17) is 0 Å². The van der Waals surface area contributed by atoms with E-state index in [-0.39, 0.29) is 17.9 Å². The normalized spacial score (nSPS) is 10.5. The van der Waals surface area contributed by atoms with E-state index in [2.05, 4.69) is 15.8 Å². The van der Waals surface area contributed by atoms with Crippen molar-refractivity contribution < 1.29 is 19.1 Å². The molecule has 2 amide bonds. The Morgan fingerprint density at radius 1 is 1.17 bits per heavy atom. The van der Waals surface area contributed by atoms with Crippen molar-refractivity contribution in [1.29, 1.82) is 0 Å². The number of phenolic OH excluding ortho intramolecular Hbond substituents is 1. The number of hydrogen-bond donors (Lipinski definition) is 3. The molecule has 0 spiro atoms. The molecule has 0 atom stereocenters. The summed E-state index contributed by atoms with van der Waals surface area (Å²) in [7, 11) is 0. The Morgan fingerprint density at radius 3 is 2.70 bits per heavy atom. The van der Waals surface area contributed by atoms with Gasteiger partial charge in [-0.25, -0.2) is 9.82 Å². The summed E-state index contributed by atoms with van der Waals surface area (Å²) in [6.07, 6.45) is 1.28. The van der Waals surface area contributed by atoms with E-state index in [9.17, 15) is 19.1 Å². The first kappa shape index (κ1) is 16.2. The van der Waals surface area contributed by atoms with Gasteiger partial charge >= 0.3 is 0 Å². The topological polar surface area (TPSA) is 90.8 Å². The van der Waals surface area contributed by atoms with Crippen LogP contribution in [0.5, 0.6) is 5.75 Å². The van der Waals surface area contributed by atoms with Crippen molar-refractivity contribution in [1.82, 2.24) is 10.7 Å². The molecule has 0 saturated heterocycles. The summed E-state index contributed by atoms with van der Waals surface area (Å²) < 4.78 is 13.0. The van der Waals surface area contributed by atoms with Crippen LogP contribution in [0.25, 0.3) is 0 Å². The van der Waals surface area contributed by atoms with Crippen LogP contribution < -0.4 is 10.7 Å². The van der Waals surface area contributed by atoms with Crippen LogP contribution in [0.3, 0.4) is 0 Å². The van der Waals surface area contributed by atoms with Crippen LogP contribution in [0.1, 0.15) is 15.9 Å². The van der Waals surface area contributed by atoms with Crippen LogP contribution in [0.2, 0.25) is 0 Å². The average Bonchev–Trinajstić information content (AvgIpc) is 2.54. The van der Waals surface area contributed by atoms with E-state index in [1.54, 1.807) is 18.2 Å². The monoisotopic (exact) mass is 315 g/mol. The first-order valence-corrected chi connectivity index (χ1v) is 6.70. The third-order valence-electron chi connectivity index (χ3n) is 2.83. The highest BCUT2D eigenvalue weighted by Crippen LogP contribution is 2.12. The maximum Gasteiger partial charge on any atom is 0.259 e. The molecular formula is C16H14FN3O3. The second kappa shape index (κ2) is 7.69. The molecule has 0 radical (unpaired) electrons. The minimum Gasteiger partial charge on any atom is -0.507 e. The number of benzene rings is 2. The Morgan fingerprint density at radius 2 is 1.96 bits per heavy atom. The van der Waals surface area contributed by atoms with Crippen LogP contribution in [-0.2, 0) is 4.79 Å². The highest BCUT2D eigenvalue weighted by Gasteiger charge is 2.08. The highest BCUT2D eigenvalue weighted by atomic mass is 19.1. The van der Waals surface area contributed by atoms with Gasteiger partial charge in [-0.1, -0.05) is 18.2 Å². The first-order valence-electron chi connectivity index (χ1n) is 6.70. The largest absolute Gasteiger partial charge is 0.507 e. The van der Waals surface area contributed by atoms with Gasteiger partial charge in [-0.3, -0.25) is 9.59 Å². The molecule has 0 heterocycles. The fourth-order valence-electron chi connectivity index (χ4n) is 1.70. The summed E-state index contributed by atoms with van der Waals surface area (Å²) >= 11 is 0. The molecule has 6 nitrogen and oxygen atoms in total. The van der Waals surface area contributed by atoms with Gasteiger partial charge in [0.2, 0.25) is 0 Å². The molecule has 0 aliphatic heterocycles. The van der Waals surface area contributed by atoms with E-state index in [0.29, 0.717) is 5.56 Å². The fourth-order valence-corrected chi connectivity index (χ4v) is 1.70. The molecule has 2 aromatic rings. The van der Waals surface area contributed by atoms with Gasteiger partial charge in [-0.05, 0) is 30.3 Å². The molecule has 118 valence electrons. The number of carbonyl (C=O) groups excluding carboxylic acids is 2. The summed E-state index contributed by atoms with van der Waals surface area (Å²) in [6.45, 7) is -0.312. The van der Waals surface area contributed by atoms with E-state index in [1.165, 1.54) is 30.5 Å². The predicted molar refractivity (Wildman–Crippen MR) is 82.6 cm³/mol. The van der Waals surface area contributed by atoms with Crippen molar-refractivity contribution in [3.05, 3.63) is 65.5 Å². The molecular weight excluding hydrogens is 301 g/mol. The standard InChI is InChI=1S/C16H14FN3O3/c17-13-6-3-5-11(8-13)16(23)18-10-15(22)20-19-9-12-4-1-2-7-14(12)21/h1-9,21H,10H2,(H,18,23)(H,20,22)/b19-9-. The predicted octanol–water partition coefficient (Wildman–Crippen LogP) is 1.41. The van der Waals surface area contributed by atoms with Crippen molar-refractivity contribution in [2.45, 2.75) is 0 Å². The Hall–Kier alpha value is -3.22. The van der Waals surface area contributed by atoms with Crippen LogP contribution in [0.15, 0.2) is 53.6 Å². The van der Waals surface area contributed by atoms with Gasteiger partial charge in [0.05, 0.1) is 12.8 Å². The maximum absolute atomic E-state index is 13.0. The second-order valence-corrected chi connectivity index (χ2v) is 4.55. The number of nitrogens with zero attached hydrogens (tertiary/aromatic N) is 1. The molecule has 7 heteroatoms. The van der Waals surface area contributed by atoms with Crippen molar-refractivity contribution in [2.24, 2.45) is 5.10 Å². The number of amides is 2. The average molecular weight is 315 g/mol. The number of rotatable bonds is 5. The molecule has 2 rings (SSSR count). The zero-order valence-corrected chi connectivity index (χ0v) is 12.0. The van der Waals surface area contributed by atoms with Crippen LogP contribution in [-0.4, -0.2) is 29.7 Å². The zero-order valence-electron chi connectivity index (χ0n) is 12.0. The van der Waals surface area contributed by atoms with E-state index < -0.39 is 17.6 Å². The van der Waals surface area contributed by atoms with Crippen molar-refractivity contribution in [3.8, 4) is 5.75 Å². The molecule has 0 aromatic heterocycles. The number of halogens is 1. The van der Waals surface area contributed by atoms with Crippen LogP contribution in [0, 0.1) is 5.82 Å². The number of hydrogen-bond acceptors (Lipinski definition) is 4. The fraction of sp³-hybridized carbons (Fsp3) is 0.0625. The number of aromatic hydroxyl groups is 1. The molecule has 23 heavy (non-hydrogen) atoms. The molecule has 0 aliphatic carbocycles. The highest BCUT2D eigenvalue weighted by molar-refractivity contribution is 5.96. The first-order chi connectivity index (χ1) is 11.1. The van der Waals surface area contributed by atoms with Gasteiger partial charge in [0.1, 0.15) is 11.6 Å². The van der Waals surface area contributed by atoms with Gasteiger partial charge in [0, 0.05) is 11.1 Å².